The third-order valence-electron chi connectivity index (χ3n) is 4.36. The molecule has 0 unspecified atom stereocenters. The van der Waals surface area contributed by atoms with E-state index in [1.165, 1.54) is 0 Å². The van der Waals surface area contributed by atoms with Crippen LogP contribution in [0, 0.1) is 0 Å². The SMILES string of the molecule is CN1CCC(N(C)C(=O)CCC(=O)c2ccc(Cl)cc2)CC1. The van der Waals surface area contributed by atoms with Crippen molar-refractivity contribution in [2.24, 2.45) is 0 Å². The summed E-state index contributed by atoms with van der Waals surface area (Å²) in [5.41, 5.74) is 0.610. The standard InChI is InChI=1S/C17H23ClN2O2/c1-19-11-9-15(10-12-19)20(2)17(22)8-7-16(21)13-3-5-14(18)6-4-13/h3-6,15H,7-12H2,1-2H3. The Morgan fingerprint density at radius 3 is 2.36 bits per heavy atom. The molecular formula is C17H23ClN2O2. The summed E-state index contributed by atoms with van der Waals surface area (Å²) in [6.07, 6.45) is 2.52. The Bertz CT molecular complexity index is 522. The van der Waals surface area contributed by atoms with Crippen molar-refractivity contribution < 1.29 is 9.59 Å². The van der Waals surface area contributed by atoms with Crippen molar-refractivity contribution in [3.8, 4) is 0 Å². The van der Waals surface area contributed by atoms with Crippen LogP contribution in [0.2, 0.25) is 5.02 Å². The number of piperidine rings is 1. The number of nitrogens with zero attached hydrogens (tertiary/aromatic N) is 2. The molecule has 1 aromatic carbocycles. The number of rotatable bonds is 5. The summed E-state index contributed by atoms with van der Waals surface area (Å²) in [7, 11) is 3.95. The van der Waals surface area contributed by atoms with Gasteiger partial charge in [0.05, 0.1) is 0 Å². The van der Waals surface area contributed by atoms with Crippen molar-refractivity contribution in [3.05, 3.63) is 34.9 Å². The highest BCUT2D eigenvalue weighted by atomic mass is 35.5. The van der Waals surface area contributed by atoms with Crippen LogP contribution in [0.15, 0.2) is 24.3 Å². The summed E-state index contributed by atoms with van der Waals surface area (Å²) in [6.45, 7) is 2.04. The molecule has 1 aliphatic rings. The second-order valence-electron chi connectivity index (χ2n) is 5.97. The third kappa shape index (κ3) is 4.55. The number of amides is 1. The summed E-state index contributed by atoms with van der Waals surface area (Å²) in [5, 5.41) is 0.606. The summed E-state index contributed by atoms with van der Waals surface area (Å²) >= 11 is 5.81. The van der Waals surface area contributed by atoms with Crippen LogP contribution in [-0.2, 0) is 4.79 Å². The van der Waals surface area contributed by atoms with Gasteiger partial charge in [-0.1, -0.05) is 11.6 Å². The molecule has 1 saturated heterocycles. The van der Waals surface area contributed by atoms with Crippen LogP contribution in [0.5, 0.6) is 0 Å². The van der Waals surface area contributed by atoms with Crippen molar-refractivity contribution in [2.45, 2.75) is 31.7 Å². The molecule has 1 fully saturated rings. The molecule has 1 aromatic rings. The van der Waals surface area contributed by atoms with Crippen molar-refractivity contribution in [1.82, 2.24) is 9.80 Å². The number of hydrogen-bond acceptors (Lipinski definition) is 3. The quantitative estimate of drug-likeness (QED) is 0.783. The van der Waals surface area contributed by atoms with Crippen molar-refractivity contribution in [1.29, 1.82) is 0 Å². The molecule has 0 spiro atoms. The van der Waals surface area contributed by atoms with E-state index >= 15 is 0 Å². The Labute approximate surface area is 137 Å². The molecule has 0 atom stereocenters. The van der Waals surface area contributed by atoms with Gasteiger partial charge in [-0.25, -0.2) is 0 Å². The first kappa shape index (κ1) is 17.0. The van der Waals surface area contributed by atoms with Gasteiger partial charge in [0.1, 0.15) is 0 Å². The first-order valence-corrected chi connectivity index (χ1v) is 8.08. The maximum atomic E-state index is 12.3. The summed E-state index contributed by atoms with van der Waals surface area (Å²) in [6, 6.07) is 7.10. The molecule has 1 amide bonds. The van der Waals surface area contributed by atoms with E-state index in [0.717, 1.165) is 25.9 Å². The van der Waals surface area contributed by atoms with Gasteiger partial charge in [-0.05, 0) is 57.2 Å². The molecule has 1 aliphatic heterocycles. The number of ketones is 1. The molecule has 0 radical (unpaired) electrons. The van der Waals surface area contributed by atoms with Gasteiger partial charge in [0.15, 0.2) is 5.78 Å². The zero-order chi connectivity index (χ0) is 16.1. The van der Waals surface area contributed by atoms with E-state index in [0.29, 0.717) is 16.6 Å². The number of likely N-dealkylation sites (tertiary alicyclic amines) is 1. The molecular weight excluding hydrogens is 300 g/mol. The Balaban J connectivity index is 1.81. The minimum absolute atomic E-state index is 0.0122. The predicted molar refractivity (Wildman–Crippen MR) is 88.3 cm³/mol. The molecule has 0 aliphatic carbocycles. The largest absolute Gasteiger partial charge is 0.343 e. The smallest absolute Gasteiger partial charge is 0.223 e. The predicted octanol–water partition coefficient (Wildman–Crippen LogP) is 2.86. The van der Waals surface area contributed by atoms with Crippen molar-refractivity contribution >= 4 is 23.3 Å². The van der Waals surface area contributed by atoms with Gasteiger partial charge in [0.25, 0.3) is 0 Å². The highest BCUT2D eigenvalue weighted by Crippen LogP contribution is 2.16. The van der Waals surface area contributed by atoms with Crippen LogP contribution in [-0.4, -0.2) is 54.7 Å². The zero-order valence-electron chi connectivity index (χ0n) is 13.2. The van der Waals surface area contributed by atoms with Gasteiger partial charge >= 0.3 is 0 Å². The molecule has 22 heavy (non-hydrogen) atoms. The zero-order valence-corrected chi connectivity index (χ0v) is 14.0. The fourth-order valence-corrected chi connectivity index (χ4v) is 2.89. The molecule has 0 bridgehead atoms. The number of Topliss-reactive ketones (excluding diaryl/α,β-unsaturated/α-hetero) is 1. The molecule has 0 saturated carbocycles. The number of carbonyl (C=O) groups is 2. The van der Waals surface area contributed by atoms with Gasteiger partial charge in [-0.2, -0.15) is 0 Å². The van der Waals surface area contributed by atoms with Crippen molar-refractivity contribution in [2.75, 3.05) is 27.2 Å². The lowest BCUT2D eigenvalue weighted by molar-refractivity contribution is -0.132. The Morgan fingerprint density at radius 1 is 1.18 bits per heavy atom. The monoisotopic (exact) mass is 322 g/mol. The molecule has 5 heteroatoms. The second kappa shape index (κ2) is 7.75. The van der Waals surface area contributed by atoms with E-state index in [1.54, 1.807) is 24.3 Å². The molecule has 0 aromatic heterocycles. The van der Waals surface area contributed by atoms with Crippen LogP contribution in [0.4, 0.5) is 0 Å². The van der Waals surface area contributed by atoms with Gasteiger partial charge in [0, 0.05) is 36.5 Å². The van der Waals surface area contributed by atoms with E-state index in [2.05, 4.69) is 11.9 Å². The Kier molecular flexibility index (Phi) is 5.98. The number of halogens is 1. The van der Waals surface area contributed by atoms with E-state index in [-0.39, 0.29) is 24.5 Å². The summed E-state index contributed by atoms with van der Waals surface area (Å²) < 4.78 is 0. The minimum Gasteiger partial charge on any atom is -0.343 e. The first-order valence-electron chi connectivity index (χ1n) is 7.70. The van der Waals surface area contributed by atoms with Crippen LogP contribution in [0.1, 0.15) is 36.0 Å². The molecule has 4 nitrogen and oxygen atoms in total. The van der Waals surface area contributed by atoms with Crippen LogP contribution in [0.25, 0.3) is 0 Å². The maximum Gasteiger partial charge on any atom is 0.223 e. The van der Waals surface area contributed by atoms with Crippen LogP contribution < -0.4 is 0 Å². The summed E-state index contributed by atoms with van der Waals surface area (Å²) in [5.74, 6) is 0.0404. The lowest BCUT2D eigenvalue weighted by Crippen LogP contribution is -2.44. The molecule has 120 valence electrons. The number of carbonyl (C=O) groups excluding carboxylic acids is 2. The fourth-order valence-electron chi connectivity index (χ4n) is 2.76. The highest BCUT2D eigenvalue weighted by Gasteiger charge is 2.24. The van der Waals surface area contributed by atoms with E-state index < -0.39 is 0 Å². The fraction of sp³-hybridized carbons (Fsp3) is 0.529. The lowest BCUT2D eigenvalue weighted by atomic mass is 10.0. The van der Waals surface area contributed by atoms with Gasteiger partial charge < -0.3 is 9.80 Å². The van der Waals surface area contributed by atoms with E-state index in [9.17, 15) is 9.59 Å². The third-order valence-corrected chi connectivity index (χ3v) is 4.61. The number of benzene rings is 1. The summed E-state index contributed by atoms with van der Waals surface area (Å²) in [4.78, 5) is 28.4. The van der Waals surface area contributed by atoms with E-state index in [4.69, 9.17) is 11.6 Å². The highest BCUT2D eigenvalue weighted by molar-refractivity contribution is 6.30. The lowest BCUT2D eigenvalue weighted by Gasteiger charge is -2.35. The van der Waals surface area contributed by atoms with Gasteiger partial charge in [0.2, 0.25) is 5.91 Å². The second-order valence-corrected chi connectivity index (χ2v) is 6.41. The maximum absolute atomic E-state index is 12.3. The average molecular weight is 323 g/mol. The van der Waals surface area contributed by atoms with E-state index in [1.807, 2.05) is 11.9 Å². The Hall–Kier alpha value is -1.39. The minimum atomic E-state index is -0.0122. The average Bonchev–Trinajstić information content (AvgIpc) is 2.53. The Morgan fingerprint density at radius 2 is 1.77 bits per heavy atom. The van der Waals surface area contributed by atoms with Crippen molar-refractivity contribution in [3.63, 3.8) is 0 Å². The van der Waals surface area contributed by atoms with Crippen LogP contribution >= 0.6 is 11.6 Å². The first-order chi connectivity index (χ1) is 10.5. The molecule has 1 heterocycles. The number of hydrogen-bond donors (Lipinski definition) is 0. The topological polar surface area (TPSA) is 40.6 Å². The molecule has 2 rings (SSSR count). The molecule has 0 N–H and O–H groups in total. The van der Waals surface area contributed by atoms with Crippen LogP contribution in [0.3, 0.4) is 0 Å². The van der Waals surface area contributed by atoms with Gasteiger partial charge in [-0.15, -0.1) is 0 Å². The normalized spacial score (nSPS) is 16.5. The van der Waals surface area contributed by atoms with Gasteiger partial charge in [-0.3, -0.25) is 9.59 Å².